The number of nitrogens with one attached hydrogen (secondary N) is 1. The van der Waals surface area contributed by atoms with Gasteiger partial charge in [0.1, 0.15) is 0 Å². The predicted molar refractivity (Wildman–Crippen MR) is 81.7 cm³/mol. The molecule has 4 nitrogen and oxygen atoms in total. The molecule has 0 aliphatic rings. The summed E-state index contributed by atoms with van der Waals surface area (Å²) in [4.78, 5) is 12.2. The lowest BCUT2D eigenvalue weighted by molar-refractivity contribution is -0.124. The Labute approximate surface area is 124 Å². The van der Waals surface area contributed by atoms with E-state index in [9.17, 15) is 13.2 Å². The van der Waals surface area contributed by atoms with Crippen molar-refractivity contribution in [3.63, 3.8) is 0 Å². The maximum Gasteiger partial charge on any atom is 0.261 e. The molecule has 0 spiro atoms. The molecule has 0 atom stereocenters. The number of benzene rings is 1. The van der Waals surface area contributed by atoms with Crippen LogP contribution >= 0.6 is 10.7 Å². The molecule has 6 heteroatoms. The minimum absolute atomic E-state index is 0.0434. The molecule has 0 saturated heterocycles. The zero-order valence-corrected chi connectivity index (χ0v) is 13.9. The number of hydrogen-bond acceptors (Lipinski definition) is 3. The fourth-order valence-electron chi connectivity index (χ4n) is 1.71. The summed E-state index contributed by atoms with van der Waals surface area (Å²) in [5.41, 5.74) is 1.50. The highest BCUT2D eigenvalue weighted by atomic mass is 35.7. The van der Waals surface area contributed by atoms with E-state index in [4.69, 9.17) is 10.7 Å². The Morgan fingerprint density at radius 3 is 2.05 bits per heavy atom. The Morgan fingerprint density at radius 2 is 1.70 bits per heavy atom. The molecule has 1 aromatic carbocycles. The van der Waals surface area contributed by atoms with Gasteiger partial charge in [0.25, 0.3) is 9.05 Å². The van der Waals surface area contributed by atoms with Gasteiger partial charge in [-0.3, -0.25) is 4.79 Å². The molecule has 20 heavy (non-hydrogen) atoms. The van der Waals surface area contributed by atoms with Crippen molar-refractivity contribution in [2.75, 3.05) is 5.32 Å². The second kappa shape index (κ2) is 5.74. The van der Waals surface area contributed by atoms with Gasteiger partial charge in [-0.25, -0.2) is 8.42 Å². The molecular weight excluding hydrogens is 298 g/mol. The third-order valence-electron chi connectivity index (χ3n) is 3.52. The van der Waals surface area contributed by atoms with Gasteiger partial charge in [0.15, 0.2) is 0 Å². The summed E-state index contributed by atoms with van der Waals surface area (Å²) in [6.07, 6.45) is 0.713. The summed E-state index contributed by atoms with van der Waals surface area (Å²) in [5, 5.41) is 2.87. The molecule has 1 N–H and O–H groups in total. The van der Waals surface area contributed by atoms with Gasteiger partial charge < -0.3 is 5.32 Å². The van der Waals surface area contributed by atoms with Crippen molar-refractivity contribution in [1.29, 1.82) is 0 Å². The zero-order chi connectivity index (χ0) is 15.7. The Morgan fingerprint density at radius 1 is 1.25 bits per heavy atom. The van der Waals surface area contributed by atoms with Crippen molar-refractivity contribution >= 4 is 31.3 Å². The molecule has 1 amide bonds. The van der Waals surface area contributed by atoms with Gasteiger partial charge in [-0.15, -0.1) is 0 Å². The normalized spacial score (nSPS) is 12.3. The van der Waals surface area contributed by atoms with Crippen LogP contribution in [0.1, 0.15) is 38.3 Å². The number of hydrogen-bond donors (Lipinski definition) is 1. The summed E-state index contributed by atoms with van der Waals surface area (Å²) in [5.74, 6) is -0.0901. The Hall–Kier alpha value is -1.07. The topological polar surface area (TPSA) is 63.2 Å². The first-order valence-electron chi connectivity index (χ1n) is 6.36. The summed E-state index contributed by atoms with van der Waals surface area (Å²) < 4.78 is 22.7. The van der Waals surface area contributed by atoms with Gasteiger partial charge in [0.05, 0.1) is 4.90 Å². The first-order valence-corrected chi connectivity index (χ1v) is 8.67. The van der Waals surface area contributed by atoms with E-state index in [1.165, 1.54) is 12.1 Å². The molecule has 112 valence electrons. The SMILES string of the molecule is CCC(C)(C)C(=O)Nc1c(C)cc(S(=O)(=O)Cl)cc1C. The molecule has 0 heterocycles. The largest absolute Gasteiger partial charge is 0.325 e. The number of anilines is 1. The van der Waals surface area contributed by atoms with E-state index >= 15 is 0 Å². The van der Waals surface area contributed by atoms with Crippen LogP contribution in [0.3, 0.4) is 0 Å². The number of amides is 1. The highest BCUT2D eigenvalue weighted by Crippen LogP contribution is 2.29. The predicted octanol–water partition coefficient (Wildman–Crippen LogP) is 3.61. The van der Waals surface area contributed by atoms with Crippen LogP contribution in [0, 0.1) is 19.3 Å². The minimum Gasteiger partial charge on any atom is -0.325 e. The van der Waals surface area contributed by atoms with Crippen molar-refractivity contribution in [2.45, 2.75) is 45.9 Å². The number of carbonyl (C=O) groups excluding carboxylic acids is 1. The molecule has 0 unspecified atom stereocenters. The summed E-state index contributed by atoms with van der Waals surface area (Å²) in [6.45, 7) is 9.16. The molecule has 0 aromatic heterocycles. The summed E-state index contributed by atoms with van der Waals surface area (Å²) in [7, 11) is 1.57. The Balaban J connectivity index is 3.20. The molecule has 0 fully saturated rings. The standard InChI is InChI=1S/C14H20ClNO3S/c1-6-14(4,5)13(17)16-12-9(2)7-11(8-10(12)3)20(15,18)19/h7-8H,6H2,1-5H3,(H,16,17). The smallest absolute Gasteiger partial charge is 0.261 e. The Bertz CT molecular complexity index is 613. The third-order valence-corrected chi connectivity index (χ3v) is 4.86. The maximum absolute atomic E-state index is 12.2. The van der Waals surface area contributed by atoms with Gasteiger partial charge in [-0.05, 0) is 43.5 Å². The first-order chi connectivity index (χ1) is 8.99. The van der Waals surface area contributed by atoms with E-state index in [0.29, 0.717) is 23.2 Å². The van der Waals surface area contributed by atoms with Crippen LogP contribution in [0.2, 0.25) is 0 Å². The Kier molecular flexibility index (Phi) is 4.87. The van der Waals surface area contributed by atoms with Crippen LogP contribution in [0.5, 0.6) is 0 Å². The molecule has 0 saturated carbocycles. The van der Waals surface area contributed by atoms with Crippen molar-refractivity contribution in [1.82, 2.24) is 0 Å². The van der Waals surface area contributed by atoms with Crippen molar-refractivity contribution in [3.05, 3.63) is 23.3 Å². The summed E-state index contributed by atoms with van der Waals surface area (Å²) in [6, 6.07) is 2.92. The maximum atomic E-state index is 12.2. The van der Waals surface area contributed by atoms with Crippen LogP contribution in [0.25, 0.3) is 0 Å². The van der Waals surface area contributed by atoms with Crippen molar-refractivity contribution in [2.24, 2.45) is 5.41 Å². The van der Waals surface area contributed by atoms with Gasteiger partial charge in [-0.2, -0.15) is 0 Å². The molecule has 0 bridgehead atoms. The van der Waals surface area contributed by atoms with Gasteiger partial charge >= 0.3 is 0 Å². The average molecular weight is 318 g/mol. The van der Waals surface area contributed by atoms with Gasteiger partial charge in [0, 0.05) is 21.8 Å². The van der Waals surface area contributed by atoms with E-state index in [1.807, 2.05) is 20.8 Å². The fraction of sp³-hybridized carbons (Fsp3) is 0.500. The lowest BCUT2D eigenvalue weighted by atomic mass is 9.89. The molecule has 1 aromatic rings. The van der Waals surface area contributed by atoms with Crippen LogP contribution in [-0.4, -0.2) is 14.3 Å². The second-order valence-corrected chi connectivity index (χ2v) is 8.13. The minimum atomic E-state index is -3.77. The lowest BCUT2D eigenvalue weighted by Crippen LogP contribution is -2.30. The summed E-state index contributed by atoms with van der Waals surface area (Å²) >= 11 is 0. The number of carbonyl (C=O) groups is 1. The van der Waals surface area contributed by atoms with E-state index in [2.05, 4.69) is 5.32 Å². The lowest BCUT2D eigenvalue weighted by Gasteiger charge is -2.23. The molecule has 1 rings (SSSR count). The van der Waals surface area contributed by atoms with E-state index in [-0.39, 0.29) is 10.8 Å². The molecule has 0 aliphatic heterocycles. The van der Waals surface area contributed by atoms with Crippen LogP contribution in [0.4, 0.5) is 5.69 Å². The second-order valence-electron chi connectivity index (χ2n) is 5.56. The zero-order valence-electron chi connectivity index (χ0n) is 12.4. The monoisotopic (exact) mass is 317 g/mol. The molecular formula is C14H20ClNO3S. The van der Waals surface area contributed by atoms with Crippen LogP contribution < -0.4 is 5.32 Å². The van der Waals surface area contributed by atoms with Crippen molar-refractivity contribution < 1.29 is 13.2 Å². The highest BCUT2D eigenvalue weighted by Gasteiger charge is 2.26. The van der Waals surface area contributed by atoms with Gasteiger partial charge in [-0.1, -0.05) is 20.8 Å². The van der Waals surface area contributed by atoms with Crippen molar-refractivity contribution in [3.8, 4) is 0 Å². The number of rotatable bonds is 4. The molecule has 0 radical (unpaired) electrons. The molecule has 0 aliphatic carbocycles. The fourth-order valence-corrected chi connectivity index (χ4v) is 2.61. The van der Waals surface area contributed by atoms with E-state index in [0.717, 1.165) is 0 Å². The highest BCUT2D eigenvalue weighted by molar-refractivity contribution is 8.13. The van der Waals surface area contributed by atoms with Crippen LogP contribution in [-0.2, 0) is 13.8 Å². The number of aryl methyl sites for hydroxylation is 2. The number of halogens is 1. The van der Waals surface area contributed by atoms with E-state index in [1.54, 1.807) is 13.8 Å². The first kappa shape index (κ1) is 17.0. The van der Waals surface area contributed by atoms with Gasteiger partial charge in [0.2, 0.25) is 5.91 Å². The van der Waals surface area contributed by atoms with E-state index < -0.39 is 14.5 Å². The van der Waals surface area contributed by atoms with Crippen LogP contribution in [0.15, 0.2) is 17.0 Å². The quantitative estimate of drug-likeness (QED) is 0.863. The third kappa shape index (κ3) is 3.73. The average Bonchev–Trinajstić information content (AvgIpc) is 2.31.